The van der Waals surface area contributed by atoms with Crippen LogP contribution >= 0.6 is 0 Å². The van der Waals surface area contributed by atoms with Gasteiger partial charge in [0, 0.05) is 6.04 Å². The molecule has 0 saturated heterocycles. The third-order valence-electron chi connectivity index (χ3n) is 6.11. The number of carbonyl (C=O) groups excluding carboxylic acids is 1. The predicted octanol–water partition coefficient (Wildman–Crippen LogP) is 4.21. The molecule has 0 radical (unpaired) electrons. The Morgan fingerprint density at radius 3 is 2.46 bits per heavy atom. The Balaban J connectivity index is 1.50. The number of aromatic hydroxyl groups is 2. The average Bonchev–Trinajstić information content (AvgIpc) is 3.17. The summed E-state index contributed by atoms with van der Waals surface area (Å²) in [4.78, 5) is 22.8. The fraction of sp³-hybridized carbons (Fsp3) is 0.143. The number of benzene rings is 3. The molecule has 1 amide bonds. The molecule has 5 rings (SSSR count). The van der Waals surface area contributed by atoms with Gasteiger partial charge in [0.15, 0.2) is 17.1 Å². The molecule has 0 aliphatic heterocycles. The molecule has 3 aromatic carbocycles. The zero-order chi connectivity index (χ0) is 25.9. The quantitative estimate of drug-likeness (QED) is 0.197. The number of nitrogens with zero attached hydrogens (tertiary/aromatic N) is 4. The van der Waals surface area contributed by atoms with E-state index in [1.807, 2.05) is 49.4 Å². The number of aromatic nitrogens is 3. The second-order valence-electron chi connectivity index (χ2n) is 8.85. The lowest BCUT2D eigenvalue weighted by molar-refractivity contribution is 0.0940. The summed E-state index contributed by atoms with van der Waals surface area (Å²) in [5, 5.41) is 26.8. The van der Waals surface area contributed by atoms with Crippen molar-refractivity contribution >= 4 is 40.1 Å². The topological polar surface area (TPSA) is 139 Å². The van der Waals surface area contributed by atoms with Crippen LogP contribution in [0.25, 0.3) is 22.2 Å². The first-order valence-electron chi connectivity index (χ1n) is 11.9. The van der Waals surface area contributed by atoms with Gasteiger partial charge in [-0.3, -0.25) is 4.79 Å². The number of fused-ring (bicyclic) bond motifs is 2. The van der Waals surface area contributed by atoms with Gasteiger partial charge in [-0.1, -0.05) is 42.5 Å². The molecule has 2 heterocycles. The number of nitrogens with two attached hydrogens (primary N) is 1. The lowest BCUT2D eigenvalue weighted by Crippen LogP contribution is -2.33. The van der Waals surface area contributed by atoms with Gasteiger partial charge in [0.1, 0.15) is 16.9 Å². The molecule has 0 bridgehead atoms. The van der Waals surface area contributed by atoms with Gasteiger partial charge in [-0.25, -0.2) is 9.97 Å². The first-order chi connectivity index (χ1) is 17.9. The Bertz CT molecular complexity index is 1630. The molecule has 0 saturated carbocycles. The fourth-order valence-electron chi connectivity index (χ4n) is 4.13. The largest absolute Gasteiger partial charge is 0.504 e. The predicted molar refractivity (Wildman–Crippen MR) is 144 cm³/mol. The highest BCUT2D eigenvalue weighted by Gasteiger charge is 2.25. The molecule has 9 heteroatoms. The van der Waals surface area contributed by atoms with Crippen molar-refractivity contribution in [3.8, 4) is 11.5 Å². The van der Waals surface area contributed by atoms with Crippen molar-refractivity contribution in [1.82, 2.24) is 20.0 Å². The van der Waals surface area contributed by atoms with Crippen molar-refractivity contribution < 1.29 is 15.0 Å². The van der Waals surface area contributed by atoms with Crippen molar-refractivity contribution in [1.29, 1.82) is 0 Å². The molecule has 0 spiro atoms. The molecule has 0 fully saturated rings. The highest BCUT2D eigenvalue weighted by molar-refractivity contribution is 6.10. The monoisotopic (exact) mass is 494 g/mol. The molecule has 9 nitrogen and oxygen atoms in total. The third-order valence-corrected chi connectivity index (χ3v) is 6.11. The molecular weight excluding hydrogens is 468 g/mol. The van der Waals surface area contributed by atoms with Crippen molar-refractivity contribution in [2.45, 2.75) is 25.8 Å². The average molecular weight is 495 g/mol. The molecule has 2 aromatic heterocycles. The van der Waals surface area contributed by atoms with Gasteiger partial charge in [-0.15, -0.1) is 0 Å². The Labute approximate surface area is 212 Å². The van der Waals surface area contributed by atoms with Crippen LogP contribution in [0, 0.1) is 0 Å². The van der Waals surface area contributed by atoms with E-state index < -0.39 is 0 Å². The number of amides is 1. The number of nitrogen functional groups attached to an aromatic ring is 1. The van der Waals surface area contributed by atoms with Crippen LogP contribution in [-0.2, 0) is 6.42 Å². The van der Waals surface area contributed by atoms with Crippen LogP contribution in [0.1, 0.15) is 34.8 Å². The van der Waals surface area contributed by atoms with Crippen molar-refractivity contribution in [2.24, 2.45) is 5.10 Å². The van der Waals surface area contributed by atoms with Gasteiger partial charge in [0.25, 0.3) is 5.91 Å². The first kappa shape index (κ1) is 23.8. The Morgan fingerprint density at radius 1 is 1.03 bits per heavy atom. The van der Waals surface area contributed by atoms with Crippen LogP contribution in [0.15, 0.2) is 77.9 Å². The number of aryl methyl sites for hydroxylation is 1. The summed E-state index contributed by atoms with van der Waals surface area (Å²) in [6.45, 7) is 1.95. The first-order valence-corrected chi connectivity index (χ1v) is 11.9. The maximum Gasteiger partial charge on any atom is 0.257 e. The van der Waals surface area contributed by atoms with Crippen LogP contribution in [0.5, 0.6) is 11.5 Å². The smallest absolute Gasteiger partial charge is 0.257 e. The minimum absolute atomic E-state index is 0.0947. The Kier molecular flexibility index (Phi) is 6.42. The SMILES string of the molecule is C[C@@H](CCc1ccccc1)NC(=O)c1c(N)n(N=Cc2ccc(O)c(O)c2)c2nc3ccccc3nc12. The summed E-state index contributed by atoms with van der Waals surface area (Å²) in [5.74, 6) is -0.772. The van der Waals surface area contributed by atoms with Crippen LogP contribution in [0.4, 0.5) is 5.82 Å². The van der Waals surface area contributed by atoms with Gasteiger partial charge in [-0.05, 0) is 61.2 Å². The summed E-state index contributed by atoms with van der Waals surface area (Å²) >= 11 is 0. The highest BCUT2D eigenvalue weighted by atomic mass is 16.3. The number of hydrogen-bond donors (Lipinski definition) is 4. The normalized spacial score (nSPS) is 12.4. The second kappa shape index (κ2) is 9.98. The van der Waals surface area contributed by atoms with Crippen molar-refractivity contribution in [3.63, 3.8) is 0 Å². The number of phenolic OH excluding ortho intramolecular Hbond substituents is 2. The Hall–Kier alpha value is -4.92. The minimum Gasteiger partial charge on any atom is -0.504 e. The van der Waals surface area contributed by atoms with Crippen LogP contribution in [0.3, 0.4) is 0 Å². The van der Waals surface area contributed by atoms with E-state index in [2.05, 4.69) is 27.5 Å². The zero-order valence-electron chi connectivity index (χ0n) is 20.2. The molecule has 5 N–H and O–H groups in total. The molecule has 0 aliphatic rings. The van der Waals surface area contributed by atoms with E-state index in [1.54, 1.807) is 6.07 Å². The summed E-state index contributed by atoms with van der Waals surface area (Å²) in [7, 11) is 0. The maximum absolute atomic E-state index is 13.4. The number of hydrogen-bond acceptors (Lipinski definition) is 7. The number of anilines is 1. The summed E-state index contributed by atoms with van der Waals surface area (Å²) in [6, 6.07) is 21.6. The van der Waals surface area contributed by atoms with Crippen molar-refractivity contribution in [3.05, 3.63) is 89.5 Å². The number of phenols is 2. The van der Waals surface area contributed by atoms with Crippen LogP contribution in [0.2, 0.25) is 0 Å². The fourth-order valence-corrected chi connectivity index (χ4v) is 4.13. The van der Waals surface area contributed by atoms with Gasteiger partial charge in [-0.2, -0.15) is 9.78 Å². The molecular formula is C28H26N6O3. The van der Waals surface area contributed by atoms with E-state index in [1.165, 1.54) is 28.6 Å². The van der Waals surface area contributed by atoms with Gasteiger partial charge >= 0.3 is 0 Å². The number of nitrogens with one attached hydrogen (secondary N) is 1. The van der Waals surface area contributed by atoms with Crippen LogP contribution in [-0.4, -0.2) is 43.0 Å². The molecule has 37 heavy (non-hydrogen) atoms. The van der Waals surface area contributed by atoms with Crippen LogP contribution < -0.4 is 11.1 Å². The van der Waals surface area contributed by atoms with Gasteiger partial charge < -0.3 is 21.3 Å². The van der Waals surface area contributed by atoms with E-state index in [0.717, 1.165) is 12.8 Å². The molecule has 0 aliphatic carbocycles. The molecule has 186 valence electrons. The zero-order valence-corrected chi connectivity index (χ0v) is 20.2. The van der Waals surface area contributed by atoms with E-state index in [0.29, 0.717) is 27.8 Å². The molecule has 5 aromatic rings. The minimum atomic E-state index is -0.358. The maximum atomic E-state index is 13.4. The van der Waals surface area contributed by atoms with Crippen molar-refractivity contribution in [2.75, 3.05) is 5.73 Å². The number of rotatable bonds is 7. The van der Waals surface area contributed by atoms with E-state index in [-0.39, 0.29) is 34.8 Å². The van der Waals surface area contributed by atoms with E-state index in [9.17, 15) is 15.0 Å². The number of para-hydroxylation sites is 2. The molecule has 0 unspecified atom stereocenters. The van der Waals surface area contributed by atoms with E-state index in [4.69, 9.17) is 10.7 Å². The Morgan fingerprint density at radius 2 is 1.73 bits per heavy atom. The summed E-state index contributed by atoms with van der Waals surface area (Å²) in [6.07, 6.45) is 3.04. The standard InChI is InChI=1S/C28H26N6O3/c1-17(11-12-18-7-3-2-4-8-18)31-28(37)24-25-27(33-21-10-6-5-9-20(21)32-25)34(26(24)29)30-16-19-13-14-22(35)23(36)15-19/h2-10,13-17,35-36H,11-12,29H2,1H3,(H,31,37)/t17-/m0/s1. The van der Waals surface area contributed by atoms with E-state index >= 15 is 0 Å². The second-order valence-corrected chi connectivity index (χ2v) is 8.85. The lowest BCUT2D eigenvalue weighted by Gasteiger charge is -2.14. The highest BCUT2D eigenvalue weighted by Crippen LogP contribution is 2.28. The lowest BCUT2D eigenvalue weighted by atomic mass is 10.1. The summed E-state index contributed by atoms with van der Waals surface area (Å²) < 4.78 is 1.36. The molecule has 1 atom stereocenters. The third kappa shape index (κ3) is 4.92. The van der Waals surface area contributed by atoms with Gasteiger partial charge in [0.2, 0.25) is 0 Å². The number of carbonyl (C=O) groups is 1. The van der Waals surface area contributed by atoms with Gasteiger partial charge in [0.05, 0.1) is 17.2 Å². The summed E-state index contributed by atoms with van der Waals surface area (Å²) in [5.41, 5.74) is 10.3.